The molecule has 1 aromatic heterocycles. The van der Waals surface area contributed by atoms with E-state index in [0.29, 0.717) is 31.1 Å². The normalized spacial score (nSPS) is 15.9. The van der Waals surface area contributed by atoms with Crippen LogP contribution in [0.5, 0.6) is 0 Å². The van der Waals surface area contributed by atoms with Crippen molar-refractivity contribution in [3.63, 3.8) is 0 Å². The van der Waals surface area contributed by atoms with E-state index in [0.717, 1.165) is 19.6 Å². The van der Waals surface area contributed by atoms with Gasteiger partial charge in [0.25, 0.3) is 0 Å². The number of hydrogen-bond donors (Lipinski definition) is 3. The number of morpholine rings is 1. The molecule has 1 saturated heterocycles. The molecule has 0 bridgehead atoms. The Labute approximate surface area is 125 Å². The van der Waals surface area contributed by atoms with Gasteiger partial charge in [0.1, 0.15) is 0 Å². The van der Waals surface area contributed by atoms with Gasteiger partial charge in [0.2, 0.25) is 17.8 Å². The zero-order valence-corrected chi connectivity index (χ0v) is 12.9. The Hall–Kier alpha value is -1.67. The van der Waals surface area contributed by atoms with Gasteiger partial charge < -0.3 is 25.4 Å². The molecule has 1 aromatic rings. The van der Waals surface area contributed by atoms with Crippen LogP contribution in [0.3, 0.4) is 0 Å². The zero-order chi connectivity index (χ0) is 15.3. The number of ether oxygens (including phenoxy) is 1. The van der Waals surface area contributed by atoms with Crippen LogP contribution in [0.2, 0.25) is 0 Å². The van der Waals surface area contributed by atoms with Gasteiger partial charge in [0.05, 0.1) is 25.4 Å². The summed E-state index contributed by atoms with van der Waals surface area (Å²) >= 11 is 0. The minimum Gasteiger partial charge on any atom is -0.394 e. The van der Waals surface area contributed by atoms with Crippen molar-refractivity contribution in [1.82, 2.24) is 15.0 Å². The van der Waals surface area contributed by atoms with E-state index in [9.17, 15) is 5.11 Å². The lowest BCUT2D eigenvalue weighted by Gasteiger charge is -2.28. The summed E-state index contributed by atoms with van der Waals surface area (Å²) in [5.41, 5.74) is -0.493. The predicted molar refractivity (Wildman–Crippen MR) is 81.8 cm³/mol. The third kappa shape index (κ3) is 4.40. The number of rotatable bonds is 6. The molecule has 21 heavy (non-hydrogen) atoms. The highest BCUT2D eigenvalue weighted by Crippen LogP contribution is 2.17. The highest BCUT2D eigenvalue weighted by molar-refractivity contribution is 5.45. The summed E-state index contributed by atoms with van der Waals surface area (Å²) in [5.74, 6) is 1.62. The Morgan fingerprint density at radius 2 is 1.86 bits per heavy atom. The van der Waals surface area contributed by atoms with Crippen LogP contribution < -0.4 is 15.5 Å². The second kappa shape index (κ2) is 6.86. The molecule has 0 saturated carbocycles. The van der Waals surface area contributed by atoms with Crippen molar-refractivity contribution in [2.45, 2.75) is 26.3 Å². The van der Waals surface area contributed by atoms with Crippen LogP contribution in [-0.4, -0.2) is 65.1 Å². The molecule has 1 aliphatic rings. The van der Waals surface area contributed by atoms with Gasteiger partial charge >= 0.3 is 0 Å². The number of nitrogens with zero attached hydrogens (tertiary/aromatic N) is 4. The van der Waals surface area contributed by atoms with Crippen LogP contribution in [0.15, 0.2) is 0 Å². The largest absolute Gasteiger partial charge is 0.394 e. The lowest BCUT2D eigenvalue weighted by atomic mass is 10.1. The molecule has 0 aliphatic carbocycles. The summed E-state index contributed by atoms with van der Waals surface area (Å²) in [6, 6.07) is 0. The van der Waals surface area contributed by atoms with E-state index < -0.39 is 5.54 Å². The third-order valence-corrected chi connectivity index (χ3v) is 3.10. The van der Waals surface area contributed by atoms with Crippen molar-refractivity contribution in [2.24, 2.45) is 0 Å². The van der Waals surface area contributed by atoms with Crippen LogP contribution in [0, 0.1) is 0 Å². The monoisotopic (exact) mass is 296 g/mol. The molecule has 2 rings (SSSR count). The SMILES string of the molecule is CCNc1nc(NC(C)(C)CO)nc(N2CCOCC2)n1. The van der Waals surface area contributed by atoms with Crippen molar-refractivity contribution in [3.05, 3.63) is 0 Å². The Morgan fingerprint density at radius 3 is 2.48 bits per heavy atom. The maximum atomic E-state index is 9.37. The minimum atomic E-state index is -0.493. The van der Waals surface area contributed by atoms with Gasteiger partial charge in [-0.3, -0.25) is 0 Å². The van der Waals surface area contributed by atoms with Gasteiger partial charge in [-0.05, 0) is 20.8 Å². The molecule has 2 heterocycles. The average Bonchev–Trinajstić information content (AvgIpc) is 2.48. The van der Waals surface area contributed by atoms with Crippen molar-refractivity contribution >= 4 is 17.8 Å². The van der Waals surface area contributed by atoms with E-state index in [1.807, 2.05) is 20.8 Å². The first kappa shape index (κ1) is 15.7. The molecule has 1 fully saturated rings. The van der Waals surface area contributed by atoms with E-state index >= 15 is 0 Å². The maximum absolute atomic E-state index is 9.37. The molecule has 0 spiro atoms. The minimum absolute atomic E-state index is 0.0118. The summed E-state index contributed by atoms with van der Waals surface area (Å²) in [6.07, 6.45) is 0. The molecule has 0 atom stereocenters. The second-order valence-electron chi connectivity index (χ2n) is 5.58. The molecule has 8 nitrogen and oxygen atoms in total. The van der Waals surface area contributed by atoms with E-state index in [1.54, 1.807) is 0 Å². The Kier molecular flexibility index (Phi) is 5.13. The number of hydrogen-bond acceptors (Lipinski definition) is 8. The molecule has 8 heteroatoms. The lowest BCUT2D eigenvalue weighted by Crippen LogP contribution is -2.39. The van der Waals surface area contributed by atoms with E-state index in [2.05, 4.69) is 30.5 Å². The first-order chi connectivity index (χ1) is 10.0. The topological polar surface area (TPSA) is 95.4 Å². The van der Waals surface area contributed by atoms with Crippen molar-refractivity contribution in [3.8, 4) is 0 Å². The summed E-state index contributed by atoms with van der Waals surface area (Å²) in [7, 11) is 0. The summed E-state index contributed by atoms with van der Waals surface area (Å²) in [5, 5.41) is 15.6. The number of aliphatic hydroxyl groups is 1. The fourth-order valence-corrected chi connectivity index (χ4v) is 1.90. The predicted octanol–water partition coefficient (Wildman–Crippen LogP) is 0.323. The molecular weight excluding hydrogens is 272 g/mol. The number of aromatic nitrogens is 3. The average molecular weight is 296 g/mol. The van der Waals surface area contributed by atoms with Crippen molar-refractivity contribution < 1.29 is 9.84 Å². The molecule has 0 aromatic carbocycles. The van der Waals surface area contributed by atoms with Crippen LogP contribution in [0.25, 0.3) is 0 Å². The van der Waals surface area contributed by atoms with Gasteiger partial charge in [-0.25, -0.2) is 0 Å². The molecule has 118 valence electrons. The molecule has 1 aliphatic heterocycles. The highest BCUT2D eigenvalue weighted by atomic mass is 16.5. The standard InChI is InChI=1S/C13H24N6O2/c1-4-14-10-15-11(18-13(2,3)9-20)17-12(16-10)19-5-7-21-8-6-19/h20H,4-9H2,1-3H3,(H2,14,15,16,17,18). The second-order valence-corrected chi connectivity index (χ2v) is 5.58. The van der Waals surface area contributed by atoms with Crippen molar-refractivity contribution in [1.29, 1.82) is 0 Å². The highest BCUT2D eigenvalue weighted by Gasteiger charge is 2.21. The Bertz CT molecular complexity index is 462. The summed E-state index contributed by atoms with van der Waals surface area (Å²) in [6.45, 7) is 9.35. The van der Waals surface area contributed by atoms with Gasteiger partial charge in [0.15, 0.2) is 0 Å². The van der Waals surface area contributed by atoms with Crippen LogP contribution in [-0.2, 0) is 4.74 Å². The van der Waals surface area contributed by atoms with Crippen molar-refractivity contribution in [2.75, 3.05) is 55.0 Å². The Morgan fingerprint density at radius 1 is 1.19 bits per heavy atom. The van der Waals surface area contributed by atoms with Crippen LogP contribution in [0.1, 0.15) is 20.8 Å². The lowest BCUT2D eigenvalue weighted by molar-refractivity contribution is 0.122. The van der Waals surface area contributed by atoms with E-state index in [4.69, 9.17) is 4.74 Å². The van der Waals surface area contributed by atoms with Gasteiger partial charge in [0, 0.05) is 19.6 Å². The maximum Gasteiger partial charge on any atom is 0.232 e. The van der Waals surface area contributed by atoms with Crippen LogP contribution >= 0.6 is 0 Å². The number of nitrogens with one attached hydrogen (secondary N) is 2. The quantitative estimate of drug-likeness (QED) is 0.691. The van der Waals surface area contributed by atoms with Gasteiger partial charge in [-0.2, -0.15) is 15.0 Å². The smallest absolute Gasteiger partial charge is 0.232 e. The molecule has 3 N–H and O–H groups in total. The van der Waals surface area contributed by atoms with Crippen LogP contribution in [0.4, 0.5) is 17.8 Å². The summed E-state index contributed by atoms with van der Waals surface area (Å²) in [4.78, 5) is 15.3. The fourth-order valence-electron chi connectivity index (χ4n) is 1.90. The first-order valence-electron chi connectivity index (χ1n) is 7.26. The fraction of sp³-hybridized carbons (Fsp3) is 0.769. The molecule has 0 unspecified atom stereocenters. The zero-order valence-electron chi connectivity index (χ0n) is 12.9. The number of anilines is 3. The molecule has 0 amide bonds. The Balaban J connectivity index is 2.24. The molecule has 0 radical (unpaired) electrons. The van der Waals surface area contributed by atoms with E-state index in [-0.39, 0.29) is 6.61 Å². The van der Waals surface area contributed by atoms with Gasteiger partial charge in [-0.15, -0.1) is 0 Å². The molecular formula is C13H24N6O2. The van der Waals surface area contributed by atoms with E-state index in [1.165, 1.54) is 0 Å². The first-order valence-corrected chi connectivity index (χ1v) is 7.26. The van der Waals surface area contributed by atoms with Gasteiger partial charge in [-0.1, -0.05) is 0 Å². The third-order valence-electron chi connectivity index (χ3n) is 3.10. The number of aliphatic hydroxyl groups excluding tert-OH is 1. The summed E-state index contributed by atoms with van der Waals surface area (Å²) < 4.78 is 5.35.